The smallest absolute Gasteiger partial charge is 0.240 e. The Bertz CT molecular complexity index is 467. The van der Waals surface area contributed by atoms with Gasteiger partial charge >= 0.3 is 0 Å². The molecule has 94 valence electrons. The lowest BCUT2D eigenvalue weighted by atomic mass is 10.1. The fourth-order valence-electron chi connectivity index (χ4n) is 1.84. The molecule has 0 unspecified atom stereocenters. The van der Waals surface area contributed by atoms with Crippen LogP contribution in [0.2, 0.25) is 0 Å². The fraction of sp³-hybridized carbons (Fsp3) is 0.455. The highest BCUT2D eigenvalue weighted by atomic mass is 32.2. The molecule has 0 saturated carbocycles. The van der Waals surface area contributed by atoms with Gasteiger partial charge in [0, 0.05) is 6.04 Å². The van der Waals surface area contributed by atoms with Crippen molar-refractivity contribution in [2.75, 3.05) is 13.1 Å². The molecule has 0 atom stereocenters. The summed E-state index contributed by atoms with van der Waals surface area (Å²) in [4.78, 5) is 0.109. The molecule has 2 rings (SSSR count). The van der Waals surface area contributed by atoms with Crippen LogP contribution in [0.25, 0.3) is 0 Å². The van der Waals surface area contributed by atoms with Crippen LogP contribution in [-0.4, -0.2) is 27.5 Å². The lowest BCUT2D eigenvalue weighted by Gasteiger charge is -2.23. The summed E-state index contributed by atoms with van der Waals surface area (Å²) in [5, 5.41) is 3.16. The first-order chi connectivity index (χ1) is 8.08. The molecule has 0 aromatic heterocycles. The lowest BCUT2D eigenvalue weighted by Crippen LogP contribution is -2.42. The number of halogens is 1. The average molecular weight is 258 g/mol. The Morgan fingerprint density at radius 1 is 1.18 bits per heavy atom. The second kappa shape index (κ2) is 5.12. The van der Waals surface area contributed by atoms with Gasteiger partial charge in [-0.05, 0) is 50.2 Å². The zero-order chi connectivity index (χ0) is 12.3. The van der Waals surface area contributed by atoms with E-state index in [0.29, 0.717) is 0 Å². The van der Waals surface area contributed by atoms with Crippen molar-refractivity contribution in [2.24, 2.45) is 0 Å². The largest absolute Gasteiger partial charge is 0.317 e. The van der Waals surface area contributed by atoms with E-state index >= 15 is 0 Å². The van der Waals surface area contributed by atoms with E-state index in [4.69, 9.17) is 0 Å². The Labute approximate surface area is 100 Å². The first-order valence-electron chi connectivity index (χ1n) is 5.56. The predicted octanol–water partition coefficient (Wildman–Crippen LogP) is 0.856. The molecule has 1 fully saturated rings. The summed E-state index contributed by atoms with van der Waals surface area (Å²) in [7, 11) is -3.52. The first kappa shape index (κ1) is 12.5. The Hall–Kier alpha value is -0.980. The van der Waals surface area contributed by atoms with Crippen molar-refractivity contribution in [1.29, 1.82) is 0 Å². The number of rotatable bonds is 3. The number of sulfonamides is 1. The summed E-state index contributed by atoms with van der Waals surface area (Å²) >= 11 is 0. The van der Waals surface area contributed by atoms with Crippen LogP contribution in [0.5, 0.6) is 0 Å². The minimum Gasteiger partial charge on any atom is -0.317 e. The molecule has 0 amide bonds. The highest BCUT2D eigenvalue weighted by Gasteiger charge is 2.21. The molecule has 4 nitrogen and oxygen atoms in total. The predicted molar refractivity (Wildman–Crippen MR) is 62.6 cm³/mol. The molecule has 2 N–H and O–H groups in total. The molecule has 1 aliphatic heterocycles. The normalized spacial score (nSPS) is 18.2. The van der Waals surface area contributed by atoms with Crippen LogP contribution in [0, 0.1) is 5.82 Å². The molecule has 6 heteroatoms. The number of hydrogen-bond donors (Lipinski definition) is 2. The summed E-state index contributed by atoms with van der Waals surface area (Å²) < 4.78 is 39.3. The van der Waals surface area contributed by atoms with E-state index in [1.54, 1.807) is 0 Å². The molecular weight excluding hydrogens is 243 g/mol. The Balaban J connectivity index is 2.10. The molecule has 0 spiro atoms. The van der Waals surface area contributed by atoms with Crippen LogP contribution in [-0.2, 0) is 10.0 Å². The molecule has 1 heterocycles. The number of nitrogens with one attached hydrogen (secondary N) is 2. The van der Waals surface area contributed by atoms with E-state index in [-0.39, 0.29) is 10.9 Å². The first-order valence-corrected chi connectivity index (χ1v) is 7.05. The summed E-state index contributed by atoms with van der Waals surface area (Å²) in [5.74, 6) is -0.439. The minimum absolute atomic E-state index is 0.0358. The maximum atomic E-state index is 12.7. The SMILES string of the molecule is O=S(=O)(NC1CCNCC1)c1ccc(F)cc1. The van der Waals surface area contributed by atoms with Crippen LogP contribution in [0.3, 0.4) is 0 Å². The van der Waals surface area contributed by atoms with Crippen molar-refractivity contribution in [3.8, 4) is 0 Å². The van der Waals surface area contributed by atoms with Crippen LogP contribution < -0.4 is 10.0 Å². The number of hydrogen-bond acceptors (Lipinski definition) is 3. The molecule has 1 aliphatic rings. The lowest BCUT2D eigenvalue weighted by molar-refractivity contribution is 0.427. The van der Waals surface area contributed by atoms with Gasteiger partial charge in [0.25, 0.3) is 0 Å². The minimum atomic E-state index is -3.52. The molecule has 1 aromatic carbocycles. The monoisotopic (exact) mass is 258 g/mol. The summed E-state index contributed by atoms with van der Waals surface area (Å²) in [6.45, 7) is 1.63. The van der Waals surface area contributed by atoms with E-state index in [0.717, 1.165) is 38.1 Å². The van der Waals surface area contributed by atoms with Gasteiger partial charge in [-0.3, -0.25) is 0 Å². The van der Waals surface area contributed by atoms with Crippen LogP contribution >= 0.6 is 0 Å². The number of benzene rings is 1. The van der Waals surface area contributed by atoms with E-state index in [1.807, 2.05) is 0 Å². The van der Waals surface area contributed by atoms with Gasteiger partial charge in [0.15, 0.2) is 0 Å². The van der Waals surface area contributed by atoms with Gasteiger partial charge in [-0.25, -0.2) is 17.5 Å². The van der Waals surface area contributed by atoms with Crippen molar-refractivity contribution in [3.63, 3.8) is 0 Å². The molecule has 0 aliphatic carbocycles. The zero-order valence-corrected chi connectivity index (χ0v) is 10.1. The molecule has 0 radical (unpaired) electrons. The van der Waals surface area contributed by atoms with Gasteiger partial charge in [0.1, 0.15) is 5.82 Å². The molecule has 1 aromatic rings. The second-order valence-electron chi connectivity index (χ2n) is 4.10. The molecule has 0 bridgehead atoms. The quantitative estimate of drug-likeness (QED) is 0.845. The van der Waals surface area contributed by atoms with Gasteiger partial charge < -0.3 is 5.32 Å². The third kappa shape index (κ3) is 3.24. The Morgan fingerprint density at radius 2 is 1.76 bits per heavy atom. The Kier molecular flexibility index (Phi) is 3.76. The maximum Gasteiger partial charge on any atom is 0.240 e. The third-order valence-electron chi connectivity index (χ3n) is 2.78. The molecule has 1 saturated heterocycles. The van der Waals surface area contributed by atoms with Crippen molar-refractivity contribution in [1.82, 2.24) is 10.0 Å². The van der Waals surface area contributed by atoms with Gasteiger partial charge in [-0.15, -0.1) is 0 Å². The van der Waals surface area contributed by atoms with E-state index in [2.05, 4.69) is 10.0 Å². The van der Waals surface area contributed by atoms with E-state index in [9.17, 15) is 12.8 Å². The third-order valence-corrected chi connectivity index (χ3v) is 4.32. The Morgan fingerprint density at radius 3 is 2.35 bits per heavy atom. The molecule has 17 heavy (non-hydrogen) atoms. The summed E-state index contributed by atoms with van der Waals surface area (Å²) in [5.41, 5.74) is 0. The van der Waals surface area contributed by atoms with Crippen molar-refractivity contribution in [2.45, 2.75) is 23.8 Å². The maximum absolute atomic E-state index is 12.7. The second-order valence-corrected chi connectivity index (χ2v) is 5.81. The van der Waals surface area contributed by atoms with Crippen molar-refractivity contribution in [3.05, 3.63) is 30.1 Å². The van der Waals surface area contributed by atoms with Gasteiger partial charge in [-0.2, -0.15) is 0 Å². The molecular formula is C11H15FN2O2S. The van der Waals surface area contributed by atoms with Crippen LogP contribution in [0.4, 0.5) is 4.39 Å². The van der Waals surface area contributed by atoms with Crippen LogP contribution in [0.15, 0.2) is 29.2 Å². The summed E-state index contributed by atoms with van der Waals surface area (Å²) in [6, 6.07) is 4.82. The van der Waals surface area contributed by atoms with Crippen LogP contribution in [0.1, 0.15) is 12.8 Å². The average Bonchev–Trinajstić information content (AvgIpc) is 2.30. The van der Waals surface area contributed by atoms with Gasteiger partial charge in [-0.1, -0.05) is 0 Å². The topological polar surface area (TPSA) is 58.2 Å². The van der Waals surface area contributed by atoms with Crippen molar-refractivity contribution < 1.29 is 12.8 Å². The highest BCUT2D eigenvalue weighted by molar-refractivity contribution is 7.89. The van der Waals surface area contributed by atoms with Gasteiger partial charge in [0.05, 0.1) is 4.90 Å². The zero-order valence-electron chi connectivity index (χ0n) is 9.32. The van der Waals surface area contributed by atoms with Crippen molar-refractivity contribution >= 4 is 10.0 Å². The van der Waals surface area contributed by atoms with E-state index in [1.165, 1.54) is 12.1 Å². The summed E-state index contributed by atoms with van der Waals surface area (Å²) in [6.07, 6.45) is 1.56. The van der Waals surface area contributed by atoms with E-state index < -0.39 is 15.8 Å². The highest BCUT2D eigenvalue weighted by Crippen LogP contribution is 2.12. The fourth-order valence-corrected chi connectivity index (χ4v) is 3.15. The standard InChI is InChI=1S/C11H15FN2O2S/c12-9-1-3-11(4-2-9)17(15,16)14-10-5-7-13-8-6-10/h1-4,10,13-14H,5-8H2. The number of piperidine rings is 1. The van der Waals surface area contributed by atoms with Gasteiger partial charge in [0.2, 0.25) is 10.0 Å².